The average Bonchev–Trinajstić information content (AvgIpc) is 2.34. The summed E-state index contributed by atoms with van der Waals surface area (Å²) in [5.74, 6) is 0.106. The fourth-order valence-corrected chi connectivity index (χ4v) is 0.598. The van der Waals surface area contributed by atoms with Crippen molar-refractivity contribution in [2.24, 2.45) is 7.05 Å². The van der Waals surface area contributed by atoms with Crippen LogP contribution in [-0.4, -0.2) is 20.5 Å². The number of hydrogen-bond acceptors (Lipinski definition) is 3. The van der Waals surface area contributed by atoms with Gasteiger partial charge in [-0.3, -0.25) is 4.79 Å². The van der Waals surface area contributed by atoms with Gasteiger partial charge in [-0.25, -0.2) is 0 Å². The van der Waals surface area contributed by atoms with Gasteiger partial charge in [0, 0.05) is 7.05 Å². The SMILES string of the molecule is C=CC(=O)c1nncn1C. The van der Waals surface area contributed by atoms with Gasteiger partial charge in [0.25, 0.3) is 0 Å². The number of allylic oxidation sites excluding steroid dienone is 1. The third-order valence-corrected chi connectivity index (χ3v) is 1.12. The Labute approximate surface area is 58.2 Å². The Morgan fingerprint density at radius 3 is 3.00 bits per heavy atom. The summed E-state index contributed by atoms with van der Waals surface area (Å²) in [6, 6.07) is 0. The molecule has 0 aliphatic rings. The molecule has 0 spiro atoms. The molecule has 0 unspecified atom stereocenters. The van der Waals surface area contributed by atoms with E-state index < -0.39 is 0 Å². The van der Waals surface area contributed by atoms with Gasteiger partial charge in [-0.05, 0) is 6.08 Å². The zero-order valence-electron chi connectivity index (χ0n) is 5.61. The molecule has 0 aliphatic heterocycles. The van der Waals surface area contributed by atoms with Gasteiger partial charge in [0.1, 0.15) is 6.33 Å². The van der Waals surface area contributed by atoms with Crippen LogP contribution < -0.4 is 0 Å². The van der Waals surface area contributed by atoms with Gasteiger partial charge in [0.15, 0.2) is 0 Å². The van der Waals surface area contributed by atoms with E-state index in [1.54, 1.807) is 11.6 Å². The number of nitrogens with zero attached hydrogens (tertiary/aromatic N) is 3. The molecule has 0 radical (unpaired) electrons. The lowest BCUT2D eigenvalue weighted by Crippen LogP contribution is -2.03. The molecule has 0 saturated carbocycles. The van der Waals surface area contributed by atoms with Crippen LogP contribution in [0.3, 0.4) is 0 Å². The van der Waals surface area contributed by atoms with E-state index in [0.717, 1.165) is 0 Å². The van der Waals surface area contributed by atoms with Crippen molar-refractivity contribution in [1.82, 2.24) is 14.8 Å². The molecule has 0 aromatic carbocycles. The van der Waals surface area contributed by atoms with Crippen molar-refractivity contribution in [2.45, 2.75) is 0 Å². The molecule has 0 aliphatic carbocycles. The van der Waals surface area contributed by atoms with E-state index in [2.05, 4.69) is 16.8 Å². The lowest BCUT2D eigenvalue weighted by Gasteiger charge is -1.90. The second kappa shape index (κ2) is 2.43. The minimum atomic E-state index is -0.208. The smallest absolute Gasteiger partial charge is 0.222 e. The Bertz CT molecular complexity index is 264. The van der Waals surface area contributed by atoms with Crippen LogP contribution in [0.25, 0.3) is 0 Å². The van der Waals surface area contributed by atoms with Crippen LogP contribution in [0.1, 0.15) is 10.6 Å². The van der Waals surface area contributed by atoms with Gasteiger partial charge in [0.2, 0.25) is 11.6 Å². The molecule has 4 nitrogen and oxygen atoms in total. The Balaban J connectivity index is 3.04. The molecular formula is C6H7N3O. The molecule has 52 valence electrons. The van der Waals surface area contributed by atoms with Crippen LogP contribution in [-0.2, 0) is 7.05 Å². The highest BCUT2D eigenvalue weighted by atomic mass is 16.1. The lowest BCUT2D eigenvalue weighted by molar-refractivity contribution is 0.103. The van der Waals surface area contributed by atoms with Crippen molar-refractivity contribution in [1.29, 1.82) is 0 Å². The number of aryl methyl sites for hydroxylation is 1. The standard InChI is InChI=1S/C6H7N3O/c1-3-5(10)6-8-7-4-9(6)2/h3-4H,1H2,2H3. The van der Waals surface area contributed by atoms with E-state index in [4.69, 9.17) is 0 Å². The highest BCUT2D eigenvalue weighted by Crippen LogP contribution is 1.92. The van der Waals surface area contributed by atoms with E-state index in [9.17, 15) is 4.79 Å². The predicted octanol–water partition coefficient (Wildman–Crippen LogP) is 0.184. The van der Waals surface area contributed by atoms with Crippen LogP contribution >= 0.6 is 0 Å². The summed E-state index contributed by atoms with van der Waals surface area (Å²) in [7, 11) is 1.71. The minimum absolute atomic E-state index is 0.208. The normalized spacial score (nSPS) is 9.30. The average molecular weight is 137 g/mol. The Hall–Kier alpha value is -1.45. The number of carbonyl (C=O) groups is 1. The van der Waals surface area contributed by atoms with Crippen LogP contribution in [0.2, 0.25) is 0 Å². The monoisotopic (exact) mass is 137 g/mol. The molecule has 0 amide bonds. The maximum absolute atomic E-state index is 10.9. The second-order valence-electron chi connectivity index (χ2n) is 1.83. The summed E-state index contributed by atoms with van der Waals surface area (Å²) in [6.45, 7) is 3.33. The lowest BCUT2D eigenvalue weighted by atomic mass is 10.4. The molecule has 0 fully saturated rings. The molecule has 10 heavy (non-hydrogen) atoms. The fourth-order valence-electron chi connectivity index (χ4n) is 0.598. The summed E-state index contributed by atoms with van der Waals surface area (Å²) >= 11 is 0. The first-order valence-electron chi connectivity index (χ1n) is 2.76. The van der Waals surface area contributed by atoms with Crippen molar-refractivity contribution >= 4 is 5.78 Å². The number of aromatic nitrogens is 3. The highest BCUT2D eigenvalue weighted by Gasteiger charge is 2.05. The summed E-state index contributed by atoms with van der Waals surface area (Å²) in [6.07, 6.45) is 2.68. The largest absolute Gasteiger partial charge is 0.314 e. The number of rotatable bonds is 2. The number of hydrogen-bond donors (Lipinski definition) is 0. The van der Waals surface area contributed by atoms with Crippen molar-refractivity contribution in [2.75, 3.05) is 0 Å². The van der Waals surface area contributed by atoms with Crippen molar-refractivity contribution in [3.05, 3.63) is 24.8 Å². The van der Waals surface area contributed by atoms with E-state index in [0.29, 0.717) is 5.82 Å². The molecule has 1 rings (SSSR count). The third-order valence-electron chi connectivity index (χ3n) is 1.12. The second-order valence-corrected chi connectivity index (χ2v) is 1.83. The van der Waals surface area contributed by atoms with Gasteiger partial charge in [-0.1, -0.05) is 6.58 Å². The summed E-state index contributed by atoms with van der Waals surface area (Å²) in [4.78, 5) is 10.9. The zero-order chi connectivity index (χ0) is 7.56. The van der Waals surface area contributed by atoms with Crippen LogP contribution in [0, 0.1) is 0 Å². The topological polar surface area (TPSA) is 47.8 Å². The van der Waals surface area contributed by atoms with Crippen LogP contribution in [0.4, 0.5) is 0 Å². The molecule has 1 aromatic rings. The van der Waals surface area contributed by atoms with Crippen LogP contribution in [0.15, 0.2) is 19.0 Å². The molecular weight excluding hydrogens is 130 g/mol. The summed E-state index contributed by atoms with van der Waals surface area (Å²) in [5.41, 5.74) is 0. The van der Waals surface area contributed by atoms with Crippen molar-refractivity contribution in [3.63, 3.8) is 0 Å². The van der Waals surface area contributed by atoms with Gasteiger partial charge in [-0.15, -0.1) is 10.2 Å². The Morgan fingerprint density at radius 1 is 1.90 bits per heavy atom. The van der Waals surface area contributed by atoms with Gasteiger partial charge in [-0.2, -0.15) is 0 Å². The Kier molecular flexibility index (Phi) is 1.62. The van der Waals surface area contributed by atoms with Crippen molar-refractivity contribution in [3.8, 4) is 0 Å². The first-order chi connectivity index (χ1) is 4.75. The maximum Gasteiger partial charge on any atom is 0.222 e. The minimum Gasteiger partial charge on any atom is -0.314 e. The van der Waals surface area contributed by atoms with E-state index >= 15 is 0 Å². The highest BCUT2D eigenvalue weighted by molar-refractivity contribution is 6.01. The molecule has 0 saturated heterocycles. The molecule has 0 bridgehead atoms. The third kappa shape index (κ3) is 0.953. The summed E-state index contributed by atoms with van der Waals surface area (Å²) in [5, 5.41) is 7.11. The Morgan fingerprint density at radius 2 is 2.60 bits per heavy atom. The molecule has 0 N–H and O–H groups in total. The fraction of sp³-hybridized carbons (Fsp3) is 0.167. The molecule has 4 heteroatoms. The van der Waals surface area contributed by atoms with Crippen molar-refractivity contribution < 1.29 is 4.79 Å². The molecule has 1 heterocycles. The predicted molar refractivity (Wildman–Crippen MR) is 35.5 cm³/mol. The van der Waals surface area contributed by atoms with Crippen LogP contribution in [0.5, 0.6) is 0 Å². The van der Waals surface area contributed by atoms with E-state index in [1.807, 2.05) is 0 Å². The molecule has 1 aromatic heterocycles. The van der Waals surface area contributed by atoms with E-state index in [-0.39, 0.29) is 5.78 Å². The number of ketones is 1. The number of carbonyl (C=O) groups excluding carboxylic acids is 1. The quantitative estimate of drug-likeness (QED) is 0.431. The molecule has 0 atom stereocenters. The van der Waals surface area contributed by atoms with E-state index in [1.165, 1.54) is 12.4 Å². The maximum atomic E-state index is 10.9. The first kappa shape index (κ1) is 6.67. The zero-order valence-corrected chi connectivity index (χ0v) is 5.61. The van der Waals surface area contributed by atoms with Gasteiger partial charge < -0.3 is 4.57 Å². The van der Waals surface area contributed by atoms with Gasteiger partial charge >= 0.3 is 0 Å². The first-order valence-corrected chi connectivity index (χ1v) is 2.76. The summed E-state index contributed by atoms with van der Waals surface area (Å²) < 4.78 is 1.55. The van der Waals surface area contributed by atoms with Gasteiger partial charge in [0.05, 0.1) is 0 Å².